The quantitative estimate of drug-likeness (QED) is 0.553. The van der Waals surface area contributed by atoms with Crippen molar-refractivity contribution in [1.29, 1.82) is 0 Å². The third-order valence-electron chi connectivity index (χ3n) is 4.29. The standard InChI is InChI=1S/C19H18N6O3/c1-25-23-18(22-24-25)11-5-4-6-12(9-11)20-19(26)14-10-13-15(27-2)7-8-16(28-3)17(13)21-14/h4-10,21H,1-3H3,(H,20,26). The van der Waals surface area contributed by atoms with E-state index in [0.717, 1.165) is 10.9 Å². The Bertz CT molecular complexity index is 1120. The summed E-state index contributed by atoms with van der Waals surface area (Å²) in [6.45, 7) is 0. The number of nitrogens with zero attached hydrogens (tertiary/aromatic N) is 4. The van der Waals surface area contributed by atoms with Gasteiger partial charge in [-0.15, -0.1) is 10.2 Å². The number of H-pyrrole nitrogens is 1. The summed E-state index contributed by atoms with van der Waals surface area (Å²) in [4.78, 5) is 17.2. The van der Waals surface area contributed by atoms with E-state index in [9.17, 15) is 4.79 Å². The van der Waals surface area contributed by atoms with Gasteiger partial charge < -0.3 is 19.8 Å². The van der Waals surface area contributed by atoms with Gasteiger partial charge in [0.2, 0.25) is 5.82 Å². The molecular weight excluding hydrogens is 360 g/mol. The Morgan fingerprint density at radius 3 is 2.61 bits per heavy atom. The number of tetrazole rings is 1. The number of carbonyl (C=O) groups is 1. The van der Waals surface area contributed by atoms with E-state index in [-0.39, 0.29) is 5.91 Å². The van der Waals surface area contributed by atoms with E-state index in [4.69, 9.17) is 9.47 Å². The summed E-state index contributed by atoms with van der Waals surface area (Å²) in [5, 5.41) is 15.6. The molecule has 0 fully saturated rings. The van der Waals surface area contributed by atoms with E-state index >= 15 is 0 Å². The van der Waals surface area contributed by atoms with Crippen LogP contribution in [0.2, 0.25) is 0 Å². The van der Waals surface area contributed by atoms with Crippen molar-refractivity contribution >= 4 is 22.5 Å². The fraction of sp³-hybridized carbons (Fsp3) is 0.158. The van der Waals surface area contributed by atoms with Crippen molar-refractivity contribution in [3.63, 3.8) is 0 Å². The number of hydrogen-bond donors (Lipinski definition) is 2. The van der Waals surface area contributed by atoms with Crippen LogP contribution in [0.25, 0.3) is 22.3 Å². The highest BCUT2D eigenvalue weighted by Gasteiger charge is 2.16. The first-order valence-corrected chi connectivity index (χ1v) is 8.48. The molecule has 2 aromatic heterocycles. The molecule has 0 aliphatic heterocycles. The van der Waals surface area contributed by atoms with Crippen LogP contribution in [0.1, 0.15) is 10.5 Å². The lowest BCUT2D eigenvalue weighted by molar-refractivity contribution is 0.102. The summed E-state index contributed by atoms with van der Waals surface area (Å²) in [5.41, 5.74) is 2.46. The lowest BCUT2D eigenvalue weighted by Gasteiger charge is -2.05. The molecule has 0 atom stereocenters. The lowest BCUT2D eigenvalue weighted by atomic mass is 10.2. The number of nitrogens with one attached hydrogen (secondary N) is 2. The van der Waals surface area contributed by atoms with Crippen LogP contribution < -0.4 is 14.8 Å². The second-order valence-electron chi connectivity index (χ2n) is 6.08. The molecule has 1 amide bonds. The van der Waals surface area contributed by atoms with E-state index < -0.39 is 0 Å². The third kappa shape index (κ3) is 3.13. The minimum absolute atomic E-state index is 0.287. The van der Waals surface area contributed by atoms with Crippen molar-refractivity contribution < 1.29 is 14.3 Å². The van der Waals surface area contributed by atoms with E-state index in [1.165, 1.54) is 4.80 Å². The largest absolute Gasteiger partial charge is 0.496 e. The maximum atomic E-state index is 12.8. The summed E-state index contributed by atoms with van der Waals surface area (Å²) in [5.74, 6) is 1.48. The molecule has 0 bridgehead atoms. The molecule has 9 heteroatoms. The monoisotopic (exact) mass is 378 g/mol. The molecular formula is C19H18N6O3. The van der Waals surface area contributed by atoms with Gasteiger partial charge in [0, 0.05) is 16.6 Å². The second-order valence-corrected chi connectivity index (χ2v) is 6.08. The third-order valence-corrected chi connectivity index (χ3v) is 4.29. The molecule has 0 aliphatic carbocycles. The topological polar surface area (TPSA) is 107 Å². The summed E-state index contributed by atoms with van der Waals surface area (Å²) in [6.07, 6.45) is 0. The Morgan fingerprint density at radius 1 is 1.11 bits per heavy atom. The van der Waals surface area contributed by atoms with Gasteiger partial charge in [0.1, 0.15) is 17.2 Å². The zero-order valence-corrected chi connectivity index (χ0v) is 15.6. The first kappa shape index (κ1) is 17.5. The molecule has 28 heavy (non-hydrogen) atoms. The zero-order chi connectivity index (χ0) is 19.7. The number of rotatable bonds is 5. The van der Waals surface area contributed by atoms with Crippen molar-refractivity contribution in [3.8, 4) is 22.9 Å². The number of anilines is 1. The molecule has 0 saturated carbocycles. The first-order chi connectivity index (χ1) is 13.6. The van der Waals surface area contributed by atoms with Gasteiger partial charge in [-0.25, -0.2) is 0 Å². The highest BCUT2D eigenvalue weighted by molar-refractivity contribution is 6.07. The van der Waals surface area contributed by atoms with Crippen LogP contribution >= 0.6 is 0 Å². The van der Waals surface area contributed by atoms with Crippen LogP contribution in [0.5, 0.6) is 11.5 Å². The van der Waals surface area contributed by atoms with Gasteiger partial charge in [-0.2, -0.15) is 4.80 Å². The number of benzene rings is 2. The van der Waals surface area contributed by atoms with Crippen LogP contribution in [-0.2, 0) is 7.05 Å². The van der Waals surface area contributed by atoms with Crippen LogP contribution in [-0.4, -0.2) is 45.3 Å². The average Bonchev–Trinajstić information content (AvgIpc) is 3.34. The van der Waals surface area contributed by atoms with Gasteiger partial charge in [0.15, 0.2) is 0 Å². The molecule has 142 valence electrons. The maximum absolute atomic E-state index is 12.8. The summed E-state index contributed by atoms with van der Waals surface area (Å²) < 4.78 is 10.7. The number of aromatic nitrogens is 5. The van der Waals surface area contributed by atoms with E-state index in [2.05, 4.69) is 25.7 Å². The van der Waals surface area contributed by atoms with Gasteiger partial charge in [0.25, 0.3) is 5.91 Å². The van der Waals surface area contributed by atoms with Crippen LogP contribution in [0.4, 0.5) is 5.69 Å². The van der Waals surface area contributed by atoms with Crippen molar-refractivity contribution in [3.05, 3.63) is 48.2 Å². The Hall–Kier alpha value is -3.88. The molecule has 4 aromatic rings. The molecule has 0 unspecified atom stereocenters. The van der Waals surface area contributed by atoms with E-state index in [1.54, 1.807) is 51.6 Å². The molecule has 2 aromatic carbocycles. The van der Waals surface area contributed by atoms with Gasteiger partial charge in [-0.1, -0.05) is 12.1 Å². The second kappa shape index (κ2) is 7.03. The van der Waals surface area contributed by atoms with Crippen molar-refractivity contribution in [2.75, 3.05) is 19.5 Å². The zero-order valence-electron chi connectivity index (χ0n) is 15.6. The molecule has 0 radical (unpaired) electrons. The van der Waals surface area contributed by atoms with Crippen LogP contribution in [0.3, 0.4) is 0 Å². The van der Waals surface area contributed by atoms with Gasteiger partial charge >= 0.3 is 0 Å². The number of aromatic amines is 1. The number of methoxy groups -OCH3 is 2. The molecule has 9 nitrogen and oxygen atoms in total. The maximum Gasteiger partial charge on any atom is 0.272 e. The number of hydrogen-bond acceptors (Lipinski definition) is 6. The normalized spacial score (nSPS) is 10.8. The predicted octanol–water partition coefficient (Wildman–Crippen LogP) is 2.63. The molecule has 2 N–H and O–H groups in total. The predicted molar refractivity (Wildman–Crippen MR) is 104 cm³/mol. The number of ether oxygens (including phenoxy) is 2. The smallest absolute Gasteiger partial charge is 0.272 e. The van der Waals surface area contributed by atoms with Crippen molar-refractivity contribution in [2.45, 2.75) is 0 Å². The Labute approximate surface area is 160 Å². The number of aryl methyl sites for hydroxylation is 1. The van der Waals surface area contributed by atoms with Gasteiger partial charge in [-0.05, 0) is 35.5 Å². The Kier molecular flexibility index (Phi) is 4.40. The fourth-order valence-electron chi connectivity index (χ4n) is 2.97. The van der Waals surface area contributed by atoms with Crippen LogP contribution in [0, 0.1) is 0 Å². The summed E-state index contributed by atoms with van der Waals surface area (Å²) >= 11 is 0. The minimum Gasteiger partial charge on any atom is -0.496 e. The highest BCUT2D eigenvalue weighted by Crippen LogP contribution is 2.33. The Balaban J connectivity index is 1.64. The summed E-state index contributed by atoms with van der Waals surface area (Å²) in [7, 11) is 4.86. The van der Waals surface area contributed by atoms with E-state index in [0.29, 0.717) is 34.2 Å². The SMILES string of the molecule is COc1ccc(OC)c2[nH]c(C(=O)Nc3cccc(-c4nnn(C)n4)c3)cc12. The molecule has 0 aliphatic rings. The molecule has 0 spiro atoms. The van der Waals surface area contributed by atoms with Gasteiger partial charge in [-0.3, -0.25) is 4.79 Å². The molecule has 4 rings (SSSR count). The van der Waals surface area contributed by atoms with Gasteiger partial charge in [0.05, 0.1) is 26.8 Å². The minimum atomic E-state index is -0.287. The Morgan fingerprint density at radius 2 is 1.89 bits per heavy atom. The first-order valence-electron chi connectivity index (χ1n) is 8.48. The average molecular weight is 378 g/mol. The molecule has 2 heterocycles. The number of amides is 1. The number of carbonyl (C=O) groups excluding carboxylic acids is 1. The van der Waals surface area contributed by atoms with Crippen molar-refractivity contribution in [1.82, 2.24) is 25.2 Å². The fourth-order valence-corrected chi connectivity index (χ4v) is 2.97. The van der Waals surface area contributed by atoms with E-state index in [1.807, 2.05) is 12.1 Å². The lowest BCUT2D eigenvalue weighted by Crippen LogP contribution is -2.12. The molecule has 0 saturated heterocycles. The van der Waals surface area contributed by atoms with Crippen LogP contribution in [0.15, 0.2) is 42.5 Å². The van der Waals surface area contributed by atoms with Crippen molar-refractivity contribution in [2.24, 2.45) is 7.05 Å². The summed E-state index contributed by atoms with van der Waals surface area (Å²) in [6, 6.07) is 12.6. The highest BCUT2D eigenvalue weighted by atomic mass is 16.5. The number of fused-ring (bicyclic) bond motifs is 1.